The van der Waals surface area contributed by atoms with Crippen molar-refractivity contribution in [3.8, 4) is 0 Å². The summed E-state index contributed by atoms with van der Waals surface area (Å²) in [6.45, 7) is 4.89. The Morgan fingerprint density at radius 3 is 2.73 bits per heavy atom. The van der Waals surface area contributed by atoms with Crippen LogP contribution in [0, 0.1) is 0 Å². The van der Waals surface area contributed by atoms with Crippen LogP contribution in [0.5, 0.6) is 0 Å². The summed E-state index contributed by atoms with van der Waals surface area (Å²) < 4.78 is 0. The van der Waals surface area contributed by atoms with Gasteiger partial charge in [-0.25, -0.2) is 0 Å². The number of nitrogens with zero attached hydrogens (tertiary/aromatic N) is 1. The highest BCUT2D eigenvalue weighted by molar-refractivity contribution is 5.14. The molecule has 2 rings (SSSR count). The second kappa shape index (κ2) is 5.32. The molecule has 0 spiro atoms. The highest BCUT2D eigenvalue weighted by atomic mass is 15.1. The van der Waals surface area contributed by atoms with Gasteiger partial charge in [0.05, 0.1) is 0 Å². The summed E-state index contributed by atoms with van der Waals surface area (Å²) in [5.74, 6) is 0. The van der Waals surface area contributed by atoms with Crippen molar-refractivity contribution < 1.29 is 0 Å². The average Bonchev–Trinajstić information content (AvgIpc) is 2.29. The van der Waals surface area contributed by atoms with Crippen molar-refractivity contribution in [2.24, 2.45) is 0 Å². The topological polar surface area (TPSA) is 3.24 Å². The lowest BCUT2D eigenvalue weighted by molar-refractivity contribution is 0.163. The third kappa shape index (κ3) is 3.07. The number of rotatable bonds is 3. The fourth-order valence-corrected chi connectivity index (χ4v) is 2.41. The second-order valence-corrected chi connectivity index (χ2v) is 4.62. The summed E-state index contributed by atoms with van der Waals surface area (Å²) in [5.41, 5.74) is 1.47. The molecule has 0 radical (unpaired) electrons. The lowest BCUT2D eigenvalue weighted by atomic mass is 10.0. The molecule has 1 unspecified atom stereocenters. The largest absolute Gasteiger partial charge is 0.300 e. The van der Waals surface area contributed by atoms with E-state index < -0.39 is 0 Å². The van der Waals surface area contributed by atoms with E-state index >= 15 is 0 Å². The zero-order valence-electron chi connectivity index (χ0n) is 9.65. The molecule has 1 aromatic carbocycles. The van der Waals surface area contributed by atoms with Gasteiger partial charge in [-0.1, -0.05) is 36.8 Å². The molecule has 0 aliphatic carbocycles. The molecule has 0 saturated carbocycles. The first-order chi connectivity index (χ1) is 7.36. The van der Waals surface area contributed by atoms with Crippen LogP contribution < -0.4 is 0 Å². The van der Waals surface area contributed by atoms with Crippen LogP contribution in [0.1, 0.15) is 31.7 Å². The summed E-state index contributed by atoms with van der Waals surface area (Å²) in [5, 5.41) is 0. The van der Waals surface area contributed by atoms with E-state index in [-0.39, 0.29) is 0 Å². The van der Waals surface area contributed by atoms with Gasteiger partial charge in [-0.2, -0.15) is 0 Å². The van der Waals surface area contributed by atoms with E-state index in [0.29, 0.717) is 0 Å². The zero-order chi connectivity index (χ0) is 10.5. The van der Waals surface area contributed by atoms with E-state index in [1.54, 1.807) is 0 Å². The van der Waals surface area contributed by atoms with Crippen LogP contribution in [0.2, 0.25) is 0 Å². The first kappa shape index (κ1) is 10.7. The smallest absolute Gasteiger partial charge is 0.00670 e. The van der Waals surface area contributed by atoms with Gasteiger partial charge in [-0.15, -0.1) is 0 Å². The third-order valence-corrected chi connectivity index (χ3v) is 3.47. The maximum absolute atomic E-state index is 2.64. The summed E-state index contributed by atoms with van der Waals surface area (Å²) in [6, 6.07) is 11.6. The van der Waals surface area contributed by atoms with Gasteiger partial charge in [0.1, 0.15) is 0 Å². The Bertz CT molecular complexity index is 281. The van der Waals surface area contributed by atoms with Crippen LogP contribution in [-0.4, -0.2) is 24.0 Å². The molecule has 15 heavy (non-hydrogen) atoms. The van der Waals surface area contributed by atoms with Crippen LogP contribution in [0.4, 0.5) is 0 Å². The molecule has 0 amide bonds. The number of likely N-dealkylation sites (tertiary alicyclic amines) is 1. The Morgan fingerprint density at radius 2 is 2.00 bits per heavy atom. The molecule has 1 heterocycles. The van der Waals surface area contributed by atoms with Crippen LogP contribution in [0.15, 0.2) is 30.3 Å². The molecular formula is C14H21N. The number of hydrogen-bond donors (Lipinski definition) is 0. The minimum Gasteiger partial charge on any atom is -0.300 e. The van der Waals surface area contributed by atoms with Crippen molar-refractivity contribution in [3.63, 3.8) is 0 Å². The molecular weight excluding hydrogens is 182 g/mol. The lowest BCUT2D eigenvalue weighted by Crippen LogP contribution is -2.38. The zero-order valence-corrected chi connectivity index (χ0v) is 9.65. The SMILES string of the molecule is CC1CCCCN1CCc1ccccc1. The highest BCUT2D eigenvalue weighted by Gasteiger charge is 2.17. The third-order valence-electron chi connectivity index (χ3n) is 3.47. The van der Waals surface area contributed by atoms with Crippen LogP contribution in [0.3, 0.4) is 0 Å². The number of benzene rings is 1. The Balaban J connectivity index is 1.82. The quantitative estimate of drug-likeness (QED) is 0.729. The van der Waals surface area contributed by atoms with E-state index in [4.69, 9.17) is 0 Å². The van der Waals surface area contributed by atoms with E-state index in [0.717, 1.165) is 6.04 Å². The Morgan fingerprint density at radius 1 is 1.20 bits per heavy atom. The molecule has 0 bridgehead atoms. The van der Waals surface area contributed by atoms with Crippen LogP contribution in [0.25, 0.3) is 0 Å². The molecule has 1 fully saturated rings. The van der Waals surface area contributed by atoms with E-state index in [1.165, 1.54) is 44.3 Å². The predicted molar refractivity (Wildman–Crippen MR) is 65.0 cm³/mol. The molecule has 1 heteroatoms. The van der Waals surface area contributed by atoms with E-state index in [2.05, 4.69) is 42.2 Å². The summed E-state index contributed by atoms with van der Waals surface area (Å²) >= 11 is 0. The minimum atomic E-state index is 0.794. The monoisotopic (exact) mass is 203 g/mol. The van der Waals surface area contributed by atoms with Gasteiger partial charge in [0.25, 0.3) is 0 Å². The predicted octanol–water partition coefficient (Wildman–Crippen LogP) is 3.10. The van der Waals surface area contributed by atoms with Gasteiger partial charge < -0.3 is 4.90 Å². The molecule has 1 aliphatic heterocycles. The van der Waals surface area contributed by atoms with Gasteiger partial charge >= 0.3 is 0 Å². The van der Waals surface area contributed by atoms with E-state index in [1.807, 2.05) is 0 Å². The molecule has 0 aromatic heterocycles. The van der Waals surface area contributed by atoms with Crippen LogP contribution >= 0.6 is 0 Å². The van der Waals surface area contributed by atoms with Crippen molar-refractivity contribution in [3.05, 3.63) is 35.9 Å². The number of hydrogen-bond acceptors (Lipinski definition) is 1. The van der Waals surface area contributed by atoms with Crippen molar-refractivity contribution >= 4 is 0 Å². The van der Waals surface area contributed by atoms with Gasteiger partial charge in [0.2, 0.25) is 0 Å². The lowest BCUT2D eigenvalue weighted by Gasteiger charge is -2.33. The standard InChI is InChI=1S/C14H21N/c1-13-7-5-6-11-15(13)12-10-14-8-3-2-4-9-14/h2-4,8-9,13H,5-7,10-12H2,1H3. The minimum absolute atomic E-state index is 0.794. The Kier molecular flexibility index (Phi) is 3.79. The van der Waals surface area contributed by atoms with E-state index in [9.17, 15) is 0 Å². The highest BCUT2D eigenvalue weighted by Crippen LogP contribution is 2.16. The van der Waals surface area contributed by atoms with Crippen molar-refractivity contribution in [2.45, 2.75) is 38.6 Å². The molecule has 1 nitrogen and oxygen atoms in total. The normalized spacial score (nSPS) is 22.9. The van der Waals surface area contributed by atoms with Gasteiger partial charge in [-0.3, -0.25) is 0 Å². The number of piperidine rings is 1. The second-order valence-electron chi connectivity index (χ2n) is 4.62. The average molecular weight is 203 g/mol. The molecule has 1 saturated heterocycles. The van der Waals surface area contributed by atoms with Gasteiger partial charge in [0.15, 0.2) is 0 Å². The molecule has 82 valence electrons. The summed E-state index contributed by atoms with van der Waals surface area (Å²) in [4.78, 5) is 2.64. The summed E-state index contributed by atoms with van der Waals surface area (Å²) in [6.07, 6.45) is 5.39. The molecule has 1 aliphatic rings. The Labute approximate surface area is 93.1 Å². The van der Waals surface area contributed by atoms with Crippen LogP contribution in [-0.2, 0) is 6.42 Å². The maximum Gasteiger partial charge on any atom is 0.00670 e. The molecule has 0 N–H and O–H groups in total. The van der Waals surface area contributed by atoms with Gasteiger partial charge in [0, 0.05) is 12.6 Å². The fraction of sp³-hybridized carbons (Fsp3) is 0.571. The fourth-order valence-electron chi connectivity index (χ4n) is 2.41. The van der Waals surface area contributed by atoms with Crippen molar-refractivity contribution in [2.75, 3.05) is 13.1 Å². The van der Waals surface area contributed by atoms with Gasteiger partial charge in [-0.05, 0) is 38.3 Å². The van der Waals surface area contributed by atoms with Crippen molar-refractivity contribution in [1.29, 1.82) is 0 Å². The summed E-state index contributed by atoms with van der Waals surface area (Å²) in [7, 11) is 0. The molecule has 1 aromatic rings. The maximum atomic E-state index is 2.64. The van der Waals surface area contributed by atoms with Crippen molar-refractivity contribution in [1.82, 2.24) is 4.90 Å². The Hall–Kier alpha value is -0.820. The first-order valence-electron chi connectivity index (χ1n) is 6.14. The molecule has 1 atom stereocenters. The first-order valence-corrected chi connectivity index (χ1v) is 6.14.